The fourth-order valence-electron chi connectivity index (χ4n) is 1.10. The van der Waals surface area contributed by atoms with Crippen molar-refractivity contribution in [2.24, 2.45) is 0 Å². The van der Waals surface area contributed by atoms with Crippen LogP contribution in [0.25, 0.3) is 0 Å². The van der Waals surface area contributed by atoms with Gasteiger partial charge in [0, 0.05) is 18.5 Å². The summed E-state index contributed by atoms with van der Waals surface area (Å²) in [6.07, 6.45) is 0. The third-order valence-corrected chi connectivity index (χ3v) is 3.55. The molecule has 84 valence electrons. The number of benzene rings is 1. The van der Waals surface area contributed by atoms with Gasteiger partial charge in [-0.05, 0) is 24.3 Å². The van der Waals surface area contributed by atoms with E-state index in [-0.39, 0.29) is 4.90 Å². The maximum atomic E-state index is 10.8. The maximum Gasteiger partial charge on any atom is 0.294 e. The minimum absolute atomic E-state index is 0.0823. The standard InChI is InChI=1S/C9H13NO3S2/c1-3-14-10(2)8-4-6-9(7-5-8)15(11,12)13/h4-7H,3H2,1-2H3,(H,11,12,13). The van der Waals surface area contributed by atoms with Crippen LogP contribution < -0.4 is 4.31 Å². The number of hydrogen-bond donors (Lipinski definition) is 1. The summed E-state index contributed by atoms with van der Waals surface area (Å²) >= 11 is 1.62. The van der Waals surface area contributed by atoms with Gasteiger partial charge in [0.1, 0.15) is 0 Å². The van der Waals surface area contributed by atoms with E-state index in [1.165, 1.54) is 12.1 Å². The minimum Gasteiger partial charge on any atom is -0.319 e. The predicted molar refractivity (Wildman–Crippen MR) is 62.8 cm³/mol. The molecule has 15 heavy (non-hydrogen) atoms. The second-order valence-electron chi connectivity index (χ2n) is 2.88. The van der Waals surface area contributed by atoms with Crippen molar-refractivity contribution >= 4 is 27.8 Å². The van der Waals surface area contributed by atoms with Crippen LogP contribution in [-0.4, -0.2) is 25.8 Å². The minimum atomic E-state index is -4.08. The van der Waals surface area contributed by atoms with Crippen LogP contribution in [0.5, 0.6) is 0 Å². The van der Waals surface area contributed by atoms with Crippen LogP contribution in [0.3, 0.4) is 0 Å². The molecule has 4 nitrogen and oxygen atoms in total. The SMILES string of the molecule is CCSN(C)c1ccc(S(=O)(=O)O)cc1. The summed E-state index contributed by atoms with van der Waals surface area (Å²) in [6, 6.07) is 6.09. The topological polar surface area (TPSA) is 57.6 Å². The Morgan fingerprint density at radius 3 is 2.27 bits per heavy atom. The molecule has 1 aromatic rings. The van der Waals surface area contributed by atoms with E-state index in [1.54, 1.807) is 24.1 Å². The van der Waals surface area contributed by atoms with Gasteiger partial charge in [0.25, 0.3) is 10.1 Å². The third-order valence-electron chi connectivity index (χ3n) is 1.82. The molecule has 0 radical (unpaired) electrons. The van der Waals surface area contributed by atoms with Gasteiger partial charge in [0.05, 0.1) is 4.90 Å². The first kappa shape index (κ1) is 12.4. The molecule has 0 aliphatic rings. The summed E-state index contributed by atoms with van der Waals surface area (Å²) in [5.41, 5.74) is 0.897. The lowest BCUT2D eigenvalue weighted by Gasteiger charge is -2.16. The van der Waals surface area contributed by atoms with Crippen molar-refractivity contribution in [3.63, 3.8) is 0 Å². The summed E-state index contributed by atoms with van der Waals surface area (Å²) in [6.45, 7) is 2.04. The molecule has 0 bridgehead atoms. The highest BCUT2D eigenvalue weighted by molar-refractivity contribution is 8.00. The first-order valence-electron chi connectivity index (χ1n) is 4.39. The fourth-order valence-corrected chi connectivity index (χ4v) is 2.23. The first-order chi connectivity index (χ1) is 6.95. The Hall–Kier alpha value is -0.720. The molecular formula is C9H13NO3S2. The molecular weight excluding hydrogens is 234 g/mol. The zero-order valence-electron chi connectivity index (χ0n) is 8.54. The van der Waals surface area contributed by atoms with Gasteiger partial charge < -0.3 is 4.31 Å². The van der Waals surface area contributed by atoms with Crippen molar-refractivity contribution < 1.29 is 13.0 Å². The molecule has 0 fully saturated rings. The van der Waals surface area contributed by atoms with Gasteiger partial charge in [-0.25, -0.2) is 0 Å². The molecule has 6 heteroatoms. The lowest BCUT2D eigenvalue weighted by Crippen LogP contribution is -2.07. The molecule has 1 rings (SSSR count). The molecule has 1 aromatic carbocycles. The Labute approximate surface area is 94.2 Å². The summed E-state index contributed by atoms with van der Waals surface area (Å²) in [7, 11) is -2.18. The van der Waals surface area contributed by atoms with E-state index in [4.69, 9.17) is 4.55 Å². The molecule has 0 atom stereocenters. The van der Waals surface area contributed by atoms with Crippen molar-refractivity contribution in [2.45, 2.75) is 11.8 Å². The van der Waals surface area contributed by atoms with Gasteiger partial charge in [0.2, 0.25) is 0 Å². The monoisotopic (exact) mass is 247 g/mol. The van der Waals surface area contributed by atoms with Crippen LogP contribution in [0.15, 0.2) is 29.2 Å². The van der Waals surface area contributed by atoms with Crippen molar-refractivity contribution in [3.05, 3.63) is 24.3 Å². The number of nitrogens with zero attached hydrogens (tertiary/aromatic N) is 1. The average Bonchev–Trinajstić information content (AvgIpc) is 2.17. The number of anilines is 1. The number of rotatable bonds is 4. The molecule has 0 saturated carbocycles. The summed E-state index contributed by atoms with van der Waals surface area (Å²) in [5.74, 6) is 0.941. The highest BCUT2D eigenvalue weighted by Gasteiger charge is 2.09. The Morgan fingerprint density at radius 2 is 1.87 bits per heavy atom. The van der Waals surface area contributed by atoms with Crippen molar-refractivity contribution in [3.8, 4) is 0 Å². The van der Waals surface area contributed by atoms with E-state index in [2.05, 4.69) is 0 Å². The molecule has 0 aliphatic carbocycles. The molecule has 0 unspecified atom stereocenters. The van der Waals surface area contributed by atoms with Gasteiger partial charge >= 0.3 is 0 Å². The third kappa shape index (κ3) is 3.40. The molecule has 0 aliphatic heterocycles. The van der Waals surface area contributed by atoms with Gasteiger partial charge in [-0.2, -0.15) is 8.42 Å². The van der Waals surface area contributed by atoms with E-state index in [0.29, 0.717) is 0 Å². The van der Waals surface area contributed by atoms with Crippen LogP contribution in [0.4, 0.5) is 5.69 Å². The van der Waals surface area contributed by atoms with E-state index in [0.717, 1.165) is 11.4 Å². The Bertz CT molecular complexity index is 413. The van der Waals surface area contributed by atoms with Crippen LogP contribution in [0, 0.1) is 0 Å². The maximum absolute atomic E-state index is 10.8. The lowest BCUT2D eigenvalue weighted by molar-refractivity contribution is 0.483. The molecule has 0 saturated heterocycles. The van der Waals surface area contributed by atoms with E-state index >= 15 is 0 Å². The second-order valence-corrected chi connectivity index (χ2v) is 5.69. The van der Waals surface area contributed by atoms with Gasteiger partial charge in [0.15, 0.2) is 0 Å². The smallest absolute Gasteiger partial charge is 0.294 e. The second kappa shape index (κ2) is 4.87. The van der Waals surface area contributed by atoms with E-state index in [9.17, 15) is 8.42 Å². The predicted octanol–water partition coefficient (Wildman–Crippen LogP) is 2.04. The first-order valence-corrected chi connectivity index (χ1v) is 6.77. The zero-order chi connectivity index (χ0) is 11.5. The van der Waals surface area contributed by atoms with Crippen molar-refractivity contribution in [1.29, 1.82) is 0 Å². The number of hydrogen-bond acceptors (Lipinski definition) is 4. The lowest BCUT2D eigenvalue weighted by atomic mass is 10.3. The van der Waals surface area contributed by atoms with Crippen LogP contribution in [-0.2, 0) is 10.1 Å². The van der Waals surface area contributed by atoms with E-state index in [1.807, 2.05) is 18.3 Å². The van der Waals surface area contributed by atoms with Gasteiger partial charge in [-0.3, -0.25) is 4.55 Å². The van der Waals surface area contributed by atoms with Crippen LogP contribution in [0.1, 0.15) is 6.92 Å². The zero-order valence-corrected chi connectivity index (χ0v) is 10.2. The van der Waals surface area contributed by atoms with Crippen LogP contribution >= 0.6 is 11.9 Å². The Kier molecular flexibility index (Phi) is 4.01. The normalized spacial score (nSPS) is 11.4. The van der Waals surface area contributed by atoms with Crippen molar-refractivity contribution in [2.75, 3.05) is 17.1 Å². The van der Waals surface area contributed by atoms with E-state index < -0.39 is 10.1 Å². The van der Waals surface area contributed by atoms with Crippen LogP contribution in [0.2, 0.25) is 0 Å². The fraction of sp³-hybridized carbons (Fsp3) is 0.333. The van der Waals surface area contributed by atoms with Gasteiger partial charge in [-0.1, -0.05) is 18.9 Å². The molecule has 0 amide bonds. The Balaban J connectivity index is 2.90. The quantitative estimate of drug-likeness (QED) is 0.651. The molecule has 0 aromatic heterocycles. The average molecular weight is 247 g/mol. The highest BCUT2D eigenvalue weighted by atomic mass is 32.2. The molecule has 0 heterocycles. The highest BCUT2D eigenvalue weighted by Crippen LogP contribution is 2.21. The largest absolute Gasteiger partial charge is 0.319 e. The van der Waals surface area contributed by atoms with Gasteiger partial charge in [-0.15, -0.1) is 0 Å². The summed E-state index contributed by atoms with van der Waals surface area (Å²) < 4.78 is 32.3. The summed E-state index contributed by atoms with van der Waals surface area (Å²) in [5, 5.41) is 0. The molecule has 0 spiro atoms. The molecule has 1 N–H and O–H groups in total. The van der Waals surface area contributed by atoms with Crippen molar-refractivity contribution in [1.82, 2.24) is 0 Å². The Morgan fingerprint density at radius 1 is 1.33 bits per heavy atom. The summed E-state index contributed by atoms with van der Waals surface area (Å²) in [4.78, 5) is -0.0823.